The van der Waals surface area contributed by atoms with Gasteiger partial charge in [0.25, 0.3) is 0 Å². The van der Waals surface area contributed by atoms with Gasteiger partial charge in [-0.3, -0.25) is 0 Å². The molecule has 0 amide bonds. The van der Waals surface area contributed by atoms with Gasteiger partial charge in [0.15, 0.2) is 0 Å². The molecular weight excluding hydrogens is 280 g/mol. The summed E-state index contributed by atoms with van der Waals surface area (Å²) in [5.74, 6) is 8.00. The Hall–Kier alpha value is -1.16. The van der Waals surface area contributed by atoms with Gasteiger partial charge in [-0.05, 0) is 26.3 Å². The van der Waals surface area contributed by atoms with Gasteiger partial charge in [0.2, 0.25) is 0 Å². The zero-order valence-corrected chi connectivity index (χ0v) is 15.8. The first kappa shape index (κ1) is 19.9. The molecule has 0 aromatic rings. The molecule has 1 saturated heterocycles. The standard InChI is InChI=1S/C21H36N2/c1-6-8-9-10-11-18(3)12-13-20(14-15-22)21(5)16-23(17-21)19(4)7-2/h18,20H,2,6,8-11,14-17,22H2,1,3-5H3. The Balaban J connectivity index is 2.56. The van der Waals surface area contributed by atoms with E-state index in [1.165, 1.54) is 32.1 Å². The van der Waals surface area contributed by atoms with Gasteiger partial charge in [-0.1, -0.05) is 64.9 Å². The van der Waals surface area contributed by atoms with Crippen LogP contribution in [0, 0.1) is 29.1 Å². The Morgan fingerprint density at radius 3 is 2.48 bits per heavy atom. The van der Waals surface area contributed by atoms with Crippen LogP contribution in [-0.2, 0) is 0 Å². The molecule has 1 aliphatic heterocycles. The third kappa shape index (κ3) is 6.09. The summed E-state index contributed by atoms with van der Waals surface area (Å²) in [5, 5.41) is 0. The number of likely N-dealkylation sites (tertiary alicyclic amines) is 1. The van der Waals surface area contributed by atoms with Crippen LogP contribution in [0.15, 0.2) is 18.0 Å². The summed E-state index contributed by atoms with van der Waals surface area (Å²) in [5.41, 5.74) is 10.2. The van der Waals surface area contributed by atoms with Crippen molar-refractivity contribution in [1.82, 2.24) is 4.90 Å². The molecule has 2 heteroatoms. The normalized spacial score (nSPS) is 18.2. The lowest BCUT2D eigenvalue weighted by molar-refractivity contribution is 0.0105. The molecule has 1 rings (SSSR count). The molecule has 0 aliphatic carbocycles. The highest BCUT2D eigenvalue weighted by atomic mass is 15.2. The van der Waals surface area contributed by atoms with Crippen molar-refractivity contribution in [2.24, 2.45) is 23.0 Å². The van der Waals surface area contributed by atoms with Crippen LogP contribution in [0.25, 0.3) is 0 Å². The van der Waals surface area contributed by atoms with Crippen molar-refractivity contribution in [1.29, 1.82) is 0 Å². The highest BCUT2D eigenvalue weighted by Crippen LogP contribution is 2.40. The number of unbranched alkanes of at least 4 members (excludes halogenated alkanes) is 3. The van der Waals surface area contributed by atoms with Gasteiger partial charge in [0, 0.05) is 30.3 Å². The third-order valence-corrected chi connectivity index (χ3v) is 5.13. The second kappa shape index (κ2) is 9.86. The monoisotopic (exact) mass is 316 g/mol. The van der Waals surface area contributed by atoms with Crippen LogP contribution in [-0.4, -0.2) is 24.5 Å². The zero-order chi connectivity index (χ0) is 17.3. The van der Waals surface area contributed by atoms with E-state index in [0.29, 0.717) is 11.8 Å². The molecule has 1 aliphatic rings. The number of hydrogen-bond donors (Lipinski definition) is 1. The van der Waals surface area contributed by atoms with Gasteiger partial charge in [-0.25, -0.2) is 0 Å². The summed E-state index contributed by atoms with van der Waals surface area (Å²) in [6.07, 6.45) is 7.51. The average Bonchev–Trinajstić information content (AvgIpc) is 2.51. The van der Waals surface area contributed by atoms with E-state index < -0.39 is 0 Å². The molecule has 130 valence electrons. The summed E-state index contributed by atoms with van der Waals surface area (Å²) >= 11 is 0. The maximum atomic E-state index is 5.84. The first-order valence-corrected chi connectivity index (χ1v) is 9.29. The van der Waals surface area contributed by atoms with Crippen molar-refractivity contribution in [3.63, 3.8) is 0 Å². The lowest BCUT2D eigenvalue weighted by atomic mass is 9.69. The Bertz CT molecular complexity index is 456. The SMILES string of the molecule is C=C=C(C)N1CC(C)(C(C#CC(C)CCCCCC)CCN)C1. The summed E-state index contributed by atoms with van der Waals surface area (Å²) in [4.78, 5) is 2.34. The van der Waals surface area contributed by atoms with Crippen LogP contribution in [0.2, 0.25) is 0 Å². The number of allylic oxidation sites excluding steroid dienone is 1. The fourth-order valence-corrected chi connectivity index (χ4v) is 3.35. The molecule has 2 atom stereocenters. The highest BCUT2D eigenvalue weighted by Gasteiger charge is 2.44. The third-order valence-electron chi connectivity index (χ3n) is 5.13. The van der Waals surface area contributed by atoms with Gasteiger partial charge in [0.05, 0.1) is 5.70 Å². The van der Waals surface area contributed by atoms with Gasteiger partial charge >= 0.3 is 0 Å². The zero-order valence-electron chi connectivity index (χ0n) is 15.8. The first-order chi connectivity index (χ1) is 11.0. The van der Waals surface area contributed by atoms with Crippen molar-refractivity contribution in [2.75, 3.05) is 19.6 Å². The molecule has 1 heterocycles. The maximum absolute atomic E-state index is 5.84. The minimum Gasteiger partial charge on any atom is -0.368 e. The molecule has 2 unspecified atom stereocenters. The van der Waals surface area contributed by atoms with Crippen LogP contribution in [0.3, 0.4) is 0 Å². The van der Waals surface area contributed by atoms with Crippen LogP contribution < -0.4 is 5.73 Å². The Kier molecular flexibility index (Phi) is 8.53. The van der Waals surface area contributed by atoms with Crippen molar-refractivity contribution in [3.05, 3.63) is 18.0 Å². The van der Waals surface area contributed by atoms with Gasteiger partial charge in [0.1, 0.15) is 0 Å². The molecule has 1 fully saturated rings. The molecule has 0 radical (unpaired) electrons. The molecule has 2 nitrogen and oxygen atoms in total. The second-order valence-electron chi connectivity index (χ2n) is 7.44. The fraction of sp³-hybridized carbons (Fsp3) is 0.762. The predicted molar refractivity (Wildman–Crippen MR) is 101 cm³/mol. The molecule has 23 heavy (non-hydrogen) atoms. The molecule has 0 bridgehead atoms. The van der Waals surface area contributed by atoms with Crippen LogP contribution in [0.4, 0.5) is 0 Å². The molecule has 0 aromatic heterocycles. The van der Waals surface area contributed by atoms with E-state index in [4.69, 9.17) is 5.73 Å². The van der Waals surface area contributed by atoms with E-state index in [1.54, 1.807) is 0 Å². The van der Waals surface area contributed by atoms with Gasteiger partial charge in [-0.2, -0.15) is 0 Å². The minimum absolute atomic E-state index is 0.256. The Labute approximate surface area is 144 Å². The number of rotatable bonds is 9. The minimum atomic E-state index is 0.256. The number of nitrogens with zero attached hydrogens (tertiary/aromatic N) is 1. The van der Waals surface area contributed by atoms with Gasteiger partial charge < -0.3 is 10.6 Å². The van der Waals surface area contributed by atoms with Crippen molar-refractivity contribution < 1.29 is 0 Å². The average molecular weight is 317 g/mol. The van der Waals surface area contributed by atoms with E-state index in [-0.39, 0.29) is 5.41 Å². The topological polar surface area (TPSA) is 29.3 Å². The van der Waals surface area contributed by atoms with Crippen molar-refractivity contribution >= 4 is 0 Å². The summed E-state index contributed by atoms with van der Waals surface area (Å²) < 4.78 is 0. The Morgan fingerprint density at radius 1 is 1.22 bits per heavy atom. The van der Waals surface area contributed by atoms with Gasteiger partial charge in [-0.15, -0.1) is 5.73 Å². The molecule has 2 N–H and O–H groups in total. The lowest BCUT2D eigenvalue weighted by Gasteiger charge is -2.52. The van der Waals surface area contributed by atoms with Crippen molar-refractivity contribution in [2.45, 2.75) is 66.2 Å². The van der Waals surface area contributed by atoms with E-state index in [9.17, 15) is 0 Å². The van der Waals surface area contributed by atoms with Crippen LogP contribution in [0.1, 0.15) is 66.2 Å². The van der Waals surface area contributed by atoms with E-state index >= 15 is 0 Å². The second-order valence-corrected chi connectivity index (χ2v) is 7.44. The Morgan fingerprint density at radius 2 is 1.91 bits per heavy atom. The van der Waals surface area contributed by atoms with Crippen molar-refractivity contribution in [3.8, 4) is 11.8 Å². The van der Waals surface area contributed by atoms with E-state index in [1.807, 2.05) is 0 Å². The summed E-state index contributed by atoms with van der Waals surface area (Å²) in [6.45, 7) is 15.5. The first-order valence-electron chi connectivity index (χ1n) is 9.29. The molecule has 0 spiro atoms. The van der Waals surface area contributed by atoms with Crippen LogP contribution >= 0.6 is 0 Å². The van der Waals surface area contributed by atoms with E-state index in [2.05, 4.69) is 56.7 Å². The molecular formula is C21H36N2. The summed E-state index contributed by atoms with van der Waals surface area (Å²) in [7, 11) is 0. The fourth-order valence-electron chi connectivity index (χ4n) is 3.35. The van der Waals surface area contributed by atoms with Crippen LogP contribution in [0.5, 0.6) is 0 Å². The number of hydrogen-bond acceptors (Lipinski definition) is 2. The predicted octanol–water partition coefficient (Wildman–Crippen LogP) is 4.57. The molecule has 0 saturated carbocycles. The van der Waals surface area contributed by atoms with E-state index in [0.717, 1.165) is 31.8 Å². The smallest absolute Gasteiger partial charge is 0.0526 e. The maximum Gasteiger partial charge on any atom is 0.0526 e. The molecule has 0 aromatic carbocycles. The quantitative estimate of drug-likeness (QED) is 0.383. The largest absolute Gasteiger partial charge is 0.368 e. The highest BCUT2D eigenvalue weighted by molar-refractivity contribution is 5.16. The number of nitrogens with two attached hydrogens (primary N) is 1. The lowest BCUT2D eigenvalue weighted by Crippen LogP contribution is -2.57. The summed E-state index contributed by atoms with van der Waals surface area (Å²) in [6, 6.07) is 0.